The first-order valence-electron chi connectivity index (χ1n) is 10.3. The first-order chi connectivity index (χ1) is 15.1. The SMILES string of the molecule is Cc1nc(SCC(=O)N2CCCc3cc(S(=O)(=O)N(C)C)ccc32)c2c(C)c(C)sc2n1. The lowest BCUT2D eigenvalue weighted by Gasteiger charge is -2.30. The van der Waals surface area contributed by atoms with E-state index in [0.29, 0.717) is 12.4 Å². The Kier molecular flexibility index (Phi) is 6.32. The Hall–Kier alpha value is -2.01. The van der Waals surface area contributed by atoms with Crippen molar-refractivity contribution in [3.05, 3.63) is 40.0 Å². The monoisotopic (exact) mass is 490 g/mol. The van der Waals surface area contributed by atoms with Crippen molar-refractivity contribution in [3.8, 4) is 0 Å². The quantitative estimate of drug-likeness (QED) is 0.398. The van der Waals surface area contributed by atoms with Crippen LogP contribution in [0.3, 0.4) is 0 Å². The number of amides is 1. The number of benzene rings is 1. The lowest BCUT2D eigenvalue weighted by Crippen LogP contribution is -2.37. The fourth-order valence-electron chi connectivity index (χ4n) is 3.83. The molecule has 0 fully saturated rings. The second-order valence-electron chi connectivity index (χ2n) is 8.05. The molecular formula is C22H26N4O3S3. The van der Waals surface area contributed by atoms with Crippen molar-refractivity contribution < 1.29 is 13.2 Å². The molecule has 3 aromatic rings. The molecule has 10 heteroatoms. The van der Waals surface area contributed by atoms with Crippen LogP contribution in [-0.2, 0) is 21.2 Å². The van der Waals surface area contributed by atoms with Crippen LogP contribution in [0.15, 0.2) is 28.1 Å². The third kappa shape index (κ3) is 4.16. The molecule has 3 heterocycles. The van der Waals surface area contributed by atoms with E-state index in [9.17, 15) is 13.2 Å². The zero-order valence-electron chi connectivity index (χ0n) is 18.8. The lowest BCUT2D eigenvalue weighted by atomic mass is 10.0. The second-order valence-corrected chi connectivity index (χ2v) is 12.4. The van der Waals surface area contributed by atoms with Crippen LogP contribution < -0.4 is 4.90 Å². The molecule has 0 atom stereocenters. The maximum absolute atomic E-state index is 13.2. The topological polar surface area (TPSA) is 83.5 Å². The van der Waals surface area contributed by atoms with E-state index in [-0.39, 0.29) is 16.6 Å². The van der Waals surface area contributed by atoms with Crippen LogP contribution in [0.4, 0.5) is 5.69 Å². The number of nitrogens with zero attached hydrogens (tertiary/aromatic N) is 4. The normalized spacial score (nSPS) is 14.2. The maximum Gasteiger partial charge on any atom is 0.242 e. The van der Waals surface area contributed by atoms with Crippen molar-refractivity contribution in [1.29, 1.82) is 0 Å². The molecular weight excluding hydrogens is 464 g/mol. The molecule has 1 aromatic carbocycles. The number of aromatic nitrogens is 2. The minimum absolute atomic E-state index is 0.00631. The molecule has 0 aliphatic carbocycles. The fourth-order valence-corrected chi connectivity index (χ4v) is 6.93. The van der Waals surface area contributed by atoms with Gasteiger partial charge in [-0.15, -0.1) is 11.3 Å². The zero-order chi connectivity index (χ0) is 23.2. The summed E-state index contributed by atoms with van der Waals surface area (Å²) < 4.78 is 26.2. The summed E-state index contributed by atoms with van der Waals surface area (Å²) in [5.41, 5.74) is 2.85. The number of anilines is 1. The van der Waals surface area contributed by atoms with E-state index >= 15 is 0 Å². The van der Waals surface area contributed by atoms with Crippen LogP contribution >= 0.6 is 23.1 Å². The highest BCUT2D eigenvalue weighted by Crippen LogP contribution is 2.36. The predicted molar refractivity (Wildman–Crippen MR) is 130 cm³/mol. The molecule has 0 N–H and O–H groups in total. The minimum Gasteiger partial charge on any atom is -0.311 e. The third-order valence-corrected chi connectivity index (χ3v) is 9.56. The smallest absolute Gasteiger partial charge is 0.242 e. The van der Waals surface area contributed by atoms with E-state index in [1.807, 2.05) is 6.92 Å². The number of carbonyl (C=O) groups excluding carboxylic acids is 1. The Bertz CT molecular complexity index is 1320. The molecule has 0 saturated heterocycles. The van der Waals surface area contributed by atoms with E-state index in [1.54, 1.807) is 34.4 Å². The number of aryl methyl sites for hydroxylation is 4. The van der Waals surface area contributed by atoms with E-state index in [4.69, 9.17) is 0 Å². The first-order valence-corrected chi connectivity index (χ1v) is 13.6. The number of hydrogen-bond donors (Lipinski definition) is 0. The summed E-state index contributed by atoms with van der Waals surface area (Å²) in [5, 5.41) is 1.88. The van der Waals surface area contributed by atoms with Gasteiger partial charge in [0.05, 0.1) is 10.6 Å². The van der Waals surface area contributed by atoms with Gasteiger partial charge in [-0.3, -0.25) is 4.79 Å². The predicted octanol–water partition coefficient (Wildman–Crippen LogP) is 3.94. The molecule has 4 rings (SSSR count). The van der Waals surface area contributed by atoms with Crippen LogP contribution in [0.5, 0.6) is 0 Å². The van der Waals surface area contributed by atoms with Gasteiger partial charge in [0, 0.05) is 36.6 Å². The van der Waals surface area contributed by atoms with Crippen molar-refractivity contribution in [2.45, 2.75) is 43.5 Å². The standard InChI is InChI=1S/C22H26N4O3S3/c1-13-14(2)31-22-20(13)21(23-15(3)24-22)30-12-19(27)26-10-6-7-16-11-17(8-9-18(16)26)32(28,29)25(4)5/h8-9,11H,6-7,10,12H2,1-5H3. The van der Waals surface area contributed by atoms with E-state index < -0.39 is 10.0 Å². The summed E-state index contributed by atoms with van der Waals surface area (Å²) in [6.07, 6.45) is 1.55. The van der Waals surface area contributed by atoms with Crippen molar-refractivity contribution in [2.75, 3.05) is 31.3 Å². The molecule has 0 bridgehead atoms. The van der Waals surface area contributed by atoms with Gasteiger partial charge in [-0.1, -0.05) is 11.8 Å². The van der Waals surface area contributed by atoms with Gasteiger partial charge >= 0.3 is 0 Å². The molecule has 2 aromatic heterocycles. The Balaban J connectivity index is 1.58. The molecule has 0 spiro atoms. The largest absolute Gasteiger partial charge is 0.311 e. The van der Waals surface area contributed by atoms with Crippen molar-refractivity contribution in [1.82, 2.24) is 14.3 Å². The molecule has 1 amide bonds. The summed E-state index contributed by atoms with van der Waals surface area (Å²) in [6, 6.07) is 5.04. The molecule has 1 aliphatic rings. The molecule has 7 nitrogen and oxygen atoms in total. The van der Waals surface area contributed by atoms with Crippen LogP contribution in [0.25, 0.3) is 10.2 Å². The van der Waals surface area contributed by atoms with E-state index in [2.05, 4.69) is 23.8 Å². The second kappa shape index (κ2) is 8.74. The van der Waals surface area contributed by atoms with Crippen LogP contribution in [0.2, 0.25) is 0 Å². The summed E-state index contributed by atoms with van der Waals surface area (Å²) >= 11 is 3.09. The van der Waals surface area contributed by atoms with Gasteiger partial charge in [-0.05, 0) is 62.9 Å². The van der Waals surface area contributed by atoms with Crippen molar-refractivity contribution in [3.63, 3.8) is 0 Å². The average Bonchev–Trinajstić information content (AvgIpc) is 3.03. The van der Waals surface area contributed by atoms with Gasteiger partial charge in [0.15, 0.2) is 0 Å². The molecule has 170 valence electrons. The van der Waals surface area contributed by atoms with Gasteiger partial charge in [0.1, 0.15) is 15.7 Å². The van der Waals surface area contributed by atoms with Gasteiger partial charge in [0.25, 0.3) is 0 Å². The average molecular weight is 491 g/mol. The van der Waals surface area contributed by atoms with E-state index in [0.717, 1.165) is 44.9 Å². The Morgan fingerprint density at radius 2 is 1.97 bits per heavy atom. The number of rotatable bonds is 5. The number of sulfonamides is 1. The molecule has 1 aliphatic heterocycles. The molecule has 0 unspecified atom stereocenters. The van der Waals surface area contributed by atoms with Gasteiger partial charge < -0.3 is 4.90 Å². The van der Waals surface area contributed by atoms with Gasteiger partial charge in [-0.25, -0.2) is 22.7 Å². The number of hydrogen-bond acceptors (Lipinski definition) is 7. The summed E-state index contributed by atoms with van der Waals surface area (Å²) in [6.45, 7) is 6.64. The number of thiophene rings is 1. The van der Waals surface area contributed by atoms with Crippen molar-refractivity contribution in [2.24, 2.45) is 0 Å². The zero-order valence-corrected chi connectivity index (χ0v) is 21.2. The van der Waals surface area contributed by atoms with Crippen LogP contribution in [0, 0.1) is 20.8 Å². The van der Waals surface area contributed by atoms with E-state index in [1.165, 1.54) is 35.0 Å². The number of thioether (sulfide) groups is 1. The minimum atomic E-state index is -3.51. The van der Waals surface area contributed by atoms with Crippen LogP contribution in [0.1, 0.15) is 28.2 Å². The summed E-state index contributed by atoms with van der Waals surface area (Å²) in [5.74, 6) is 0.955. The Morgan fingerprint density at radius 1 is 1.22 bits per heavy atom. The molecule has 0 saturated carbocycles. The number of fused-ring (bicyclic) bond motifs is 2. The third-order valence-electron chi connectivity index (χ3n) is 5.69. The summed E-state index contributed by atoms with van der Waals surface area (Å²) in [4.78, 5) is 26.5. The molecule has 32 heavy (non-hydrogen) atoms. The van der Waals surface area contributed by atoms with Crippen LogP contribution in [-0.4, -0.2) is 55.0 Å². The van der Waals surface area contributed by atoms with Crippen molar-refractivity contribution >= 4 is 54.9 Å². The Morgan fingerprint density at radius 3 is 2.69 bits per heavy atom. The first kappa shape index (κ1) is 23.2. The highest BCUT2D eigenvalue weighted by Gasteiger charge is 2.26. The number of carbonyl (C=O) groups is 1. The highest BCUT2D eigenvalue weighted by atomic mass is 32.2. The Labute approximate surface area is 196 Å². The maximum atomic E-state index is 13.2. The highest BCUT2D eigenvalue weighted by molar-refractivity contribution is 8.00. The lowest BCUT2D eigenvalue weighted by molar-refractivity contribution is -0.116. The summed E-state index contributed by atoms with van der Waals surface area (Å²) in [7, 11) is -0.472. The molecule has 0 radical (unpaired) electrons. The fraction of sp³-hybridized carbons (Fsp3) is 0.409. The van der Waals surface area contributed by atoms with Gasteiger partial charge in [0.2, 0.25) is 15.9 Å². The van der Waals surface area contributed by atoms with Gasteiger partial charge in [-0.2, -0.15) is 0 Å².